The summed E-state index contributed by atoms with van der Waals surface area (Å²) in [6.07, 6.45) is 6.63. The van der Waals surface area contributed by atoms with Crippen LogP contribution >= 0.6 is 0 Å². The van der Waals surface area contributed by atoms with Crippen LogP contribution in [0.2, 0.25) is 0 Å². The van der Waals surface area contributed by atoms with Gasteiger partial charge in [0.2, 0.25) is 0 Å². The summed E-state index contributed by atoms with van der Waals surface area (Å²) >= 11 is 0. The topological polar surface area (TPSA) is 50.9 Å². The minimum Gasteiger partial charge on any atom is -0.505 e. The molecule has 0 atom stereocenters. The first-order valence-electron chi connectivity index (χ1n) is 11.3. The van der Waals surface area contributed by atoms with Gasteiger partial charge < -0.3 is 5.11 Å². The van der Waals surface area contributed by atoms with Gasteiger partial charge in [0.1, 0.15) is 22.5 Å². The Morgan fingerprint density at radius 2 is 1.53 bits per heavy atom. The summed E-state index contributed by atoms with van der Waals surface area (Å²) in [7, 11) is 0. The van der Waals surface area contributed by atoms with Crippen LogP contribution in [0, 0.1) is 5.41 Å². The predicted molar refractivity (Wildman–Crippen MR) is 125 cm³/mol. The number of fused-ring (bicyclic) bond motifs is 1. The van der Waals surface area contributed by atoms with Gasteiger partial charge in [-0.05, 0) is 59.4 Å². The molecule has 0 aliphatic rings. The van der Waals surface area contributed by atoms with Crippen LogP contribution in [0.3, 0.4) is 0 Å². The summed E-state index contributed by atoms with van der Waals surface area (Å²) in [6.45, 7) is 13.7. The first-order valence-corrected chi connectivity index (χ1v) is 11.3. The lowest BCUT2D eigenvalue weighted by molar-refractivity contribution is 0.283. The van der Waals surface area contributed by atoms with E-state index in [2.05, 4.69) is 63.9 Å². The molecule has 1 N–H and O–H groups in total. The molecule has 0 fully saturated rings. The molecule has 0 saturated heterocycles. The normalized spacial score (nSPS) is 12.6. The molecule has 4 heteroatoms. The second-order valence-corrected chi connectivity index (χ2v) is 10.4. The number of aromatic nitrogens is 3. The number of aryl methyl sites for hydroxylation is 1. The van der Waals surface area contributed by atoms with E-state index in [0.29, 0.717) is 11.4 Å². The van der Waals surface area contributed by atoms with Crippen LogP contribution in [-0.2, 0) is 11.8 Å². The molecule has 4 nitrogen and oxygen atoms in total. The summed E-state index contributed by atoms with van der Waals surface area (Å²) in [4.78, 5) is 1.60. The van der Waals surface area contributed by atoms with Gasteiger partial charge in [0.15, 0.2) is 0 Å². The zero-order chi connectivity index (χ0) is 21.9. The van der Waals surface area contributed by atoms with Crippen molar-refractivity contribution in [3.8, 4) is 11.4 Å². The van der Waals surface area contributed by atoms with Crippen LogP contribution in [0.15, 0.2) is 36.4 Å². The van der Waals surface area contributed by atoms with Crippen LogP contribution in [0.4, 0.5) is 0 Å². The minimum atomic E-state index is -0.0224. The Morgan fingerprint density at radius 3 is 2.10 bits per heavy atom. The SMILES string of the molecule is CCCCCCc1cc(C(C)(C)CC(C)(C)C)cc(-n2nc3ccccc3n2)c1O. The van der Waals surface area contributed by atoms with Crippen molar-refractivity contribution in [3.63, 3.8) is 0 Å². The lowest BCUT2D eigenvalue weighted by atomic mass is 9.72. The molecule has 0 aliphatic carbocycles. The third-order valence-corrected chi connectivity index (χ3v) is 5.72. The fourth-order valence-corrected chi connectivity index (χ4v) is 4.55. The maximum atomic E-state index is 11.1. The Morgan fingerprint density at radius 1 is 0.900 bits per heavy atom. The van der Waals surface area contributed by atoms with Gasteiger partial charge in [-0.1, -0.05) is 79.0 Å². The van der Waals surface area contributed by atoms with Crippen molar-refractivity contribution < 1.29 is 5.11 Å². The standard InChI is InChI=1S/C26H37N3O/c1-7-8-9-10-13-19-16-20(26(5,6)18-25(2,3)4)17-23(24(19)30)29-27-21-14-11-12-15-22(21)28-29/h11-12,14-17,30H,7-10,13,18H2,1-6H3. The maximum absolute atomic E-state index is 11.1. The van der Waals surface area contributed by atoms with Crippen molar-refractivity contribution in [1.82, 2.24) is 15.0 Å². The van der Waals surface area contributed by atoms with E-state index in [0.717, 1.165) is 35.9 Å². The summed E-state index contributed by atoms with van der Waals surface area (Å²) in [5, 5.41) is 20.4. The molecule has 3 rings (SSSR count). The number of benzene rings is 2. The molecule has 0 saturated carbocycles. The quantitative estimate of drug-likeness (QED) is 0.410. The number of hydrogen-bond acceptors (Lipinski definition) is 3. The van der Waals surface area contributed by atoms with Crippen LogP contribution in [-0.4, -0.2) is 20.1 Å². The number of nitrogens with zero attached hydrogens (tertiary/aromatic N) is 3. The van der Waals surface area contributed by atoms with E-state index >= 15 is 0 Å². The first-order chi connectivity index (χ1) is 14.1. The molecular formula is C26H37N3O. The Hall–Kier alpha value is -2.36. The molecule has 1 heterocycles. The molecule has 0 aliphatic heterocycles. The van der Waals surface area contributed by atoms with Crippen LogP contribution < -0.4 is 0 Å². The zero-order valence-corrected chi connectivity index (χ0v) is 19.5. The van der Waals surface area contributed by atoms with Gasteiger partial charge in [0, 0.05) is 0 Å². The van der Waals surface area contributed by atoms with Crippen molar-refractivity contribution in [1.29, 1.82) is 0 Å². The van der Waals surface area contributed by atoms with Gasteiger partial charge in [0.05, 0.1) is 0 Å². The van der Waals surface area contributed by atoms with Crippen LogP contribution in [0.25, 0.3) is 16.7 Å². The number of phenolic OH excluding ortho intramolecular Hbond substituents is 1. The molecule has 3 aromatic rings. The van der Waals surface area contributed by atoms with Crippen molar-refractivity contribution in [2.24, 2.45) is 5.41 Å². The van der Waals surface area contributed by atoms with Gasteiger partial charge in [0.25, 0.3) is 0 Å². The Kier molecular flexibility index (Phi) is 6.54. The Labute approximate surface area is 181 Å². The highest BCUT2D eigenvalue weighted by Crippen LogP contribution is 2.40. The molecule has 1 aromatic heterocycles. The highest BCUT2D eigenvalue weighted by molar-refractivity contribution is 5.73. The Bertz CT molecular complexity index is 962. The minimum absolute atomic E-state index is 0.0224. The molecule has 0 unspecified atom stereocenters. The smallest absolute Gasteiger partial charge is 0.146 e. The summed E-state index contributed by atoms with van der Waals surface area (Å²) in [6, 6.07) is 12.1. The number of hydrogen-bond donors (Lipinski definition) is 1. The largest absolute Gasteiger partial charge is 0.505 e. The highest BCUT2D eigenvalue weighted by Gasteiger charge is 2.29. The average molecular weight is 408 g/mol. The molecule has 0 amide bonds. The molecule has 2 aromatic carbocycles. The maximum Gasteiger partial charge on any atom is 0.146 e. The highest BCUT2D eigenvalue weighted by atomic mass is 16.3. The van der Waals surface area contributed by atoms with Gasteiger partial charge in [-0.2, -0.15) is 0 Å². The number of rotatable bonds is 8. The number of phenols is 1. The van der Waals surface area contributed by atoms with E-state index in [1.807, 2.05) is 24.3 Å². The molecule has 0 spiro atoms. The van der Waals surface area contributed by atoms with Gasteiger partial charge in [-0.3, -0.25) is 0 Å². The van der Waals surface area contributed by atoms with Crippen LogP contribution in [0.5, 0.6) is 5.75 Å². The van der Waals surface area contributed by atoms with Gasteiger partial charge in [-0.25, -0.2) is 0 Å². The monoisotopic (exact) mass is 407 g/mol. The number of aromatic hydroxyl groups is 1. The van der Waals surface area contributed by atoms with E-state index in [1.54, 1.807) is 4.80 Å². The average Bonchev–Trinajstić information content (AvgIpc) is 3.08. The van der Waals surface area contributed by atoms with Gasteiger partial charge >= 0.3 is 0 Å². The van der Waals surface area contributed by atoms with Crippen molar-refractivity contribution in [2.75, 3.05) is 0 Å². The van der Waals surface area contributed by atoms with Crippen LogP contribution in [0.1, 0.15) is 84.8 Å². The fraction of sp³-hybridized carbons (Fsp3) is 0.538. The van der Waals surface area contributed by atoms with E-state index in [4.69, 9.17) is 0 Å². The molecule has 0 radical (unpaired) electrons. The lowest BCUT2D eigenvalue weighted by Crippen LogP contribution is -2.25. The lowest BCUT2D eigenvalue weighted by Gasteiger charge is -2.33. The van der Waals surface area contributed by atoms with Gasteiger partial charge in [-0.15, -0.1) is 15.0 Å². The van der Waals surface area contributed by atoms with Crippen molar-refractivity contribution >= 4 is 11.0 Å². The summed E-state index contributed by atoms with van der Waals surface area (Å²) in [5.74, 6) is 0.308. The number of unbranched alkanes of at least 4 members (excludes halogenated alkanes) is 3. The second-order valence-electron chi connectivity index (χ2n) is 10.4. The van der Waals surface area contributed by atoms with Crippen molar-refractivity contribution in [3.05, 3.63) is 47.5 Å². The van der Waals surface area contributed by atoms with E-state index < -0.39 is 0 Å². The predicted octanol–water partition coefficient (Wildman–Crippen LogP) is 6.96. The molecular weight excluding hydrogens is 370 g/mol. The second kappa shape index (κ2) is 8.79. The fourth-order valence-electron chi connectivity index (χ4n) is 4.55. The molecule has 0 bridgehead atoms. The summed E-state index contributed by atoms with van der Waals surface area (Å²) in [5.41, 5.74) is 4.77. The molecule has 30 heavy (non-hydrogen) atoms. The third-order valence-electron chi connectivity index (χ3n) is 5.72. The van der Waals surface area contributed by atoms with Crippen molar-refractivity contribution in [2.45, 2.75) is 85.5 Å². The zero-order valence-electron chi connectivity index (χ0n) is 19.5. The van der Waals surface area contributed by atoms with E-state index in [1.165, 1.54) is 24.8 Å². The summed E-state index contributed by atoms with van der Waals surface area (Å²) < 4.78 is 0. The Balaban J connectivity index is 2.07. The third kappa shape index (κ3) is 5.21. The first kappa shape index (κ1) is 22.3. The van der Waals surface area contributed by atoms with E-state index in [-0.39, 0.29) is 10.8 Å². The van der Waals surface area contributed by atoms with E-state index in [9.17, 15) is 5.11 Å². The molecule has 162 valence electrons.